The Labute approximate surface area is 92.6 Å². The van der Waals surface area contributed by atoms with Gasteiger partial charge in [-0.05, 0) is 18.9 Å². The zero-order valence-corrected chi connectivity index (χ0v) is 8.78. The van der Waals surface area contributed by atoms with Crippen LogP contribution in [-0.2, 0) is 4.74 Å². The van der Waals surface area contributed by atoms with Gasteiger partial charge in [0.2, 0.25) is 0 Å². The Balaban J connectivity index is 2.24. The average Bonchev–Trinajstić information content (AvgIpc) is 2.29. The highest BCUT2D eigenvalue weighted by molar-refractivity contribution is 6.02. The summed E-state index contributed by atoms with van der Waals surface area (Å²) in [6.07, 6.45) is 3.32. The Kier molecular flexibility index (Phi) is 2.98. The predicted octanol–water partition coefficient (Wildman–Crippen LogP) is 0.911. The molecule has 1 aliphatic heterocycles. The minimum Gasteiger partial charge on any atom is -0.381 e. The van der Waals surface area contributed by atoms with Crippen LogP contribution in [0.25, 0.3) is 0 Å². The molecule has 0 aromatic carbocycles. The maximum atomic E-state index is 12.9. The van der Waals surface area contributed by atoms with Crippen molar-refractivity contribution in [3.63, 3.8) is 0 Å². The molecule has 0 unspecified atom stereocenters. The third-order valence-electron chi connectivity index (χ3n) is 2.80. The van der Waals surface area contributed by atoms with E-state index >= 15 is 0 Å². The molecular weight excluding hydrogens is 211 g/mol. The molecule has 2 rings (SSSR count). The van der Waals surface area contributed by atoms with Gasteiger partial charge in [0.1, 0.15) is 5.82 Å². The van der Waals surface area contributed by atoms with Crippen LogP contribution in [0.2, 0.25) is 0 Å². The second-order valence-electron chi connectivity index (χ2n) is 3.99. The molecule has 0 aliphatic carbocycles. The summed E-state index contributed by atoms with van der Waals surface area (Å²) in [5, 5.41) is 0. The van der Waals surface area contributed by atoms with Crippen molar-refractivity contribution in [3.8, 4) is 0 Å². The third-order valence-corrected chi connectivity index (χ3v) is 2.80. The van der Waals surface area contributed by atoms with Crippen LogP contribution in [0.4, 0.5) is 4.39 Å². The van der Waals surface area contributed by atoms with Crippen molar-refractivity contribution >= 4 is 5.78 Å². The summed E-state index contributed by atoms with van der Waals surface area (Å²) in [6, 6.07) is 1.17. The summed E-state index contributed by atoms with van der Waals surface area (Å²) in [7, 11) is 0. The number of nitrogens with two attached hydrogens (primary N) is 1. The monoisotopic (exact) mass is 224 g/mol. The zero-order valence-electron chi connectivity index (χ0n) is 8.78. The van der Waals surface area contributed by atoms with Gasteiger partial charge in [-0.15, -0.1) is 0 Å². The molecule has 86 valence electrons. The first kappa shape index (κ1) is 11.2. The number of carbonyl (C=O) groups excluding carboxylic acids is 1. The molecule has 2 heterocycles. The highest BCUT2D eigenvalue weighted by Gasteiger charge is 2.36. The maximum absolute atomic E-state index is 12.9. The number of halogens is 1. The zero-order chi connectivity index (χ0) is 11.6. The molecule has 1 aromatic rings. The minimum atomic E-state index is -0.937. The van der Waals surface area contributed by atoms with Crippen LogP contribution < -0.4 is 5.73 Å². The van der Waals surface area contributed by atoms with Crippen molar-refractivity contribution in [2.24, 2.45) is 5.73 Å². The molecule has 0 atom stereocenters. The standard InChI is InChI=1S/C11H13FN2O2/c12-9-5-8(6-14-7-9)10(15)11(13)1-3-16-4-2-11/h5-7H,1-4,13H2. The summed E-state index contributed by atoms with van der Waals surface area (Å²) >= 11 is 0. The van der Waals surface area contributed by atoms with Gasteiger partial charge in [-0.1, -0.05) is 0 Å². The lowest BCUT2D eigenvalue weighted by Crippen LogP contribution is -2.51. The average molecular weight is 224 g/mol. The van der Waals surface area contributed by atoms with Crippen molar-refractivity contribution in [1.82, 2.24) is 4.98 Å². The summed E-state index contributed by atoms with van der Waals surface area (Å²) in [6.45, 7) is 0.927. The van der Waals surface area contributed by atoms with Crippen molar-refractivity contribution in [3.05, 3.63) is 29.8 Å². The quantitative estimate of drug-likeness (QED) is 0.758. The van der Waals surface area contributed by atoms with Crippen LogP contribution >= 0.6 is 0 Å². The maximum Gasteiger partial charge on any atom is 0.184 e. The lowest BCUT2D eigenvalue weighted by molar-refractivity contribution is 0.0447. The van der Waals surface area contributed by atoms with E-state index in [1.165, 1.54) is 12.3 Å². The lowest BCUT2D eigenvalue weighted by Gasteiger charge is -2.31. The van der Waals surface area contributed by atoms with Crippen molar-refractivity contribution in [2.75, 3.05) is 13.2 Å². The number of ketones is 1. The van der Waals surface area contributed by atoms with E-state index in [2.05, 4.69) is 4.98 Å². The Hall–Kier alpha value is -1.33. The highest BCUT2D eigenvalue weighted by atomic mass is 19.1. The van der Waals surface area contributed by atoms with E-state index in [4.69, 9.17) is 10.5 Å². The summed E-state index contributed by atoms with van der Waals surface area (Å²) < 4.78 is 18.1. The fourth-order valence-electron chi connectivity index (χ4n) is 1.79. The fourth-order valence-corrected chi connectivity index (χ4v) is 1.79. The molecule has 0 amide bonds. The molecule has 2 N–H and O–H groups in total. The van der Waals surface area contributed by atoms with Crippen LogP contribution in [0.3, 0.4) is 0 Å². The van der Waals surface area contributed by atoms with Gasteiger partial charge in [-0.3, -0.25) is 9.78 Å². The Morgan fingerprint density at radius 1 is 1.44 bits per heavy atom. The van der Waals surface area contributed by atoms with Crippen LogP contribution in [0, 0.1) is 5.82 Å². The van der Waals surface area contributed by atoms with Crippen molar-refractivity contribution in [1.29, 1.82) is 0 Å². The Morgan fingerprint density at radius 2 is 2.12 bits per heavy atom. The molecule has 1 aliphatic rings. The lowest BCUT2D eigenvalue weighted by atomic mass is 9.84. The molecule has 0 bridgehead atoms. The number of carbonyl (C=O) groups is 1. The van der Waals surface area contributed by atoms with Crippen LogP contribution in [-0.4, -0.2) is 29.5 Å². The molecule has 1 fully saturated rings. The first-order valence-electron chi connectivity index (χ1n) is 5.14. The Bertz CT molecular complexity index is 403. The second-order valence-corrected chi connectivity index (χ2v) is 3.99. The van der Waals surface area contributed by atoms with E-state index in [0.717, 1.165) is 6.20 Å². The number of pyridine rings is 1. The van der Waals surface area contributed by atoms with Crippen molar-refractivity contribution in [2.45, 2.75) is 18.4 Å². The highest BCUT2D eigenvalue weighted by Crippen LogP contribution is 2.22. The van der Waals surface area contributed by atoms with Gasteiger partial charge in [-0.2, -0.15) is 0 Å². The van der Waals surface area contributed by atoms with Gasteiger partial charge >= 0.3 is 0 Å². The summed E-state index contributed by atoms with van der Waals surface area (Å²) in [5.74, 6) is -0.788. The summed E-state index contributed by atoms with van der Waals surface area (Å²) in [4.78, 5) is 15.7. The fraction of sp³-hybridized carbons (Fsp3) is 0.455. The first-order chi connectivity index (χ1) is 7.62. The molecule has 0 saturated carbocycles. The topological polar surface area (TPSA) is 65.2 Å². The Morgan fingerprint density at radius 3 is 2.75 bits per heavy atom. The van der Waals surface area contributed by atoms with Gasteiger partial charge in [0.25, 0.3) is 0 Å². The number of Topliss-reactive ketones (excluding diaryl/α,β-unsaturated/α-hetero) is 1. The molecule has 1 aromatic heterocycles. The molecule has 0 spiro atoms. The van der Waals surface area contributed by atoms with Gasteiger partial charge in [-0.25, -0.2) is 4.39 Å². The van der Waals surface area contributed by atoms with Gasteiger partial charge in [0.05, 0.1) is 11.7 Å². The van der Waals surface area contributed by atoms with E-state index < -0.39 is 11.4 Å². The van der Waals surface area contributed by atoms with Gasteiger partial charge < -0.3 is 10.5 Å². The molecular formula is C11H13FN2O2. The van der Waals surface area contributed by atoms with E-state index in [9.17, 15) is 9.18 Å². The molecule has 4 nitrogen and oxygen atoms in total. The van der Waals surface area contributed by atoms with E-state index in [0.29, 0.717) is 26.1 Å². The summed E-state index contributed by atoms with van der Waals surface area (Å²) in [5.41, 5.74) is 5.29. The van der Waals surface area contributed by atoms with E-state index in [-0.39, 0.29) is 11.3 Å². The number of hydrogen-bond acceptors (Lipinski definition) is 4. The number of ether oxygens (including phenoxy) is 1. The van der Waals surface area contributed by atoms with Crippen LogP contribution in [0.5, 0.6) is 0 Å². The van der Waals surface area contributed by atoms with E-state index in [1.807, 2.05) is 0 Å². The molecule has 16 heavy (non-hydrogen) atoms. The smallest absolute Gasteiger partial charge is 0.184 e. The number of hydrogen-bond donors (Lipinski definition) is 1. The second kappa shape index (κ2) is 4.27. The molecule has 1 saturated heterocycles. The number of rotatable bonds is 2. The normalized spacial score (nSPS) is 19.4. The molecule has 0 radical (unpaired) electrons. The predicted molar refractivity (Wildman–Crippen MR) is 55.5 cm³/mol. The minimum absolute atomic E-state index is 0.226. The van der Waals surface area contributed by atoms with E-state index in [1.54, 1.807) is 0 Å². The number of nitrogens with zero attached hydrogens (tertiary/aromatic N) is 1. The van der Waals surface area contributed by atoms with Crippen LogP contribution in [0.1, 0.15) is 23.2 Å². The SMILES string of the molecule is NC1(C(=O)c2cncc(F)c2)CCOCC1. The number of aromatic nitrogens is 1. The first-order valence-corrected chi connectivity index (χ1v) is 5.14. The molecule has 5 heteroatoms. The third kappa shape index (κ3) is 2.10. The van der Waals surface area contributed by atoms with Gasteiger partial charge in [0, 0.05) is 25.0 Å². The van der Waals surface area contributed by atoms with Crippen LogP contribution in [0.15, 0.2) is 18.5 Å². The largest absolute Gasteiger partial charge is 0.381 e. The van der Waals surface area contributed by atoms with Crippen molar-refractivity contribution < 1.29 is 13.9 Å². The van der Waals surface area contributed by atoms with Gasteiger partial charge in [0.15, 0.2) is 5.78 Å².